The minimum Gasteiger partial charge on any atom is -0.494 e. The standard InChI is InChI=1S/C21H30N2O2.2ClH/c22-16-18-6-10-20(11-7-18)24-14-4-2-1-3-5-15-25-21-12-8-19(17-23)9-13-21;;/h6-13H,1-5,14-17,22-23H2;2*1H. The van der Waals surface area contributed by atoms with E-state index < -0.39 is 0 Å². The quantitative estimate of drug-likeness (QED) is 0.486. The van der Waals surface area contributed by atoms with Crippen LogP contribution in [0.3, 0.4) is 0 Å². The lowest BCUT2D eigenvalue weighted by Gasteiger charge is -2.08. The summed E-state index contributed by atoms with van der Waals surface area (Å²) >= 11 is 0. The van der Waals surface area contributed by atoms with Crippen LogP contribution in [0.1, 0.15) is 43.2 Å². The molecule has 2 rings (SSSR count). The van der Waals surface area contributed by atoms with Crippen LogP contribution in [0.25, 0.3) is 0 Å². The highest BCUT2D eigenvalue weighted by molar-refractivity contribution is 5.85. The second-order valence-corrected chi connectivity index (χ2v) is 6.16. The maximum absolute atomic E-state index is 5.74. The average molecular weight is 415 g/mol. The normalized spacial score (nSPS) is 9.85. The Kier molecular flexibility index (Phi) is 14.7. The molecule has 0 heterocycles. The third kappa shape index (κ3) is 10.5. The van der Waals surface area contributed by atoms with E-state index in [1.54, 1.807) is 0 Å². The molecule has 0 aliphatic heterocycles. The summed E-state index contributed by atoms with van der Waals surface area (Å²) in [4.78, 5) is 0. The number of ether oxygens (including phenoxy) is 2. The molecule has 0 radical (unpaired) electrons. The molecule has 0 atom stereocenters. The predicted molar refractivity (Wildman–Crippen MR) is 117 cm³/mol. The lowest BCUT2D eigenvalue weighted by atomic mass is 10.1. The molecule has 0 bridgehead atoms. The molecule has 152 valence electrons. The van der Waals surface area contributed by atoms with Crippen molar-refractivity contribution in [1.29, 1.82) is 0 Å². The van der Waals surface area contributed by atoms with E-state index in [0.29, 0.717) is 13.1 Å². The molecule has 0 spiro atoms. The second kappa shape index (κ2) is 15.6. The summed E-state index contributed by atoms with van der Waals surface area (Å²) in [5.74, 6) is 1.84. The Hall–Kier alpha value is -1.46. The van der Waals surface area contributed by atoms with Crippen molar-refractivity contribution in [2.45, 2.75) is 45.2 Å². The summed E-state index contributed by atoms with van der Waals surface area (Å²) in [6, 6.07) is 16.0. The minimum atomic E-state index is 0. The predicted octanol–water partition coefficient (Wildman–Crippen LogP) is 4.86. The highest BCUT2D eigenvalue weighted by Crippen LogP contribution is 2.14. The molecule has 0 saturated heterocycles. The van der Waals surface area contributed by atoms with Crippen molar-refractivity contribution in [3.8, 4) is 11.5 Å². The van der Waals surface area contributed by atoms with E-state index >= 15 is 0 Å². The summed E-state index contributed by atoms with van der Waals surface area (Å²) in [5, 5.41) is 0. The Labute approximate surface area is 175 Å². The van der Waals surface area contributed by atoms with Crippen LogP contribution in [-0.2, 0) is 13.1 Å². The van der Waals surface area contributed by atoms with Crippen molar-refractivity contribution in [3.63, 3.8) is 0 Å². The van der Waals surface area contributed by atoms with E-state index in [-0.39, 0.29) is 24.8 Å². The van der Waals surface area contributed by atoms with Crippen molar-refractivity contribution in [2.24, 2.45) is 11.5 Å². The Balaban J connectivity index is 0.00000338. The third-order valence-electron chi connectivity index (χ3n) is 4.14. The van der Waals surface area contributed by atoms with Crippen LogP contribution in [0.2, 0.25) is 0 Å². The van der Waals surface area contributed by atoms with Gasteiger partial charge in [-0.2, -0.15) is 0 Å². The van der Waals surface area contributed by atoms with E-state index in [1.807, 2.05) is 48.5 Å². The van der Waals surface area contributed by atoms with E-state index in [9.17, 15) is 0 Å². The Morgan fingerprint density at radius 3 is 1.19 bits per heavy atom. The monoisotopic (exact) mass is 414 g/mol. The van der Waals surface area contributed by atoms with Crippen molar-refractivity contribution < 1.29 is 9.47 Å². The third-order valence-corrected chi connectivity index (χ3v) is 4.14. The molecule has 2 aromatic carbocycles. The highest BCUT2D eigenvalue weighted by atomic mass is 35.5. The lowest BCUT2D eigenvalue weighted by molar-refractivity contribution is 0.293. The van der Waals surface area contributed by atoms with Crippen LogP contribution in [0.4, 0.5) is 0 Å². The number of benzene rings is 2. The number of halogens is 2. The molecule has 2 aromatic rings. The summed E-state index contributed by atoms with van der Waals surface area (Å²) < 4.78 is 11.5. The maximum Gasteiger partial charge on any atom is 0.119 e. The first-order chi connectivity index (χ1) is 12.3. The van der Waals surface area contributed by atoms with Gasteiger partial charge in [-0.05, 0) is 48.2 Å². The van der Waals surface area contributed by atoms with Gasteiger partial charge in [0.1, 0.15) is 11.5 Å². The Morgan fingerprint density at radius 1 is 0.519 bits per heavy atom. The van der Waals surface area contributed by atoms with Gasteiger partial charge >= 0.3 is 0 Å². The van der Waals surface area contributed by atoms with Gasteiger partial charge in [0.25, 0.3) is 0 Å². The molecule has 0 saturated carbocycles. The van der Waals surface area contributed by atoms with Crippen LogP contribution in [-0.4, -0.2) is 13.2 Å². The number of nitrogens with two attached hydrogens (primary N) is 2. The fraction of sp³-hybridized carbons (Fsp3) is 0.429. The van der Waals surface area contributed by atoms with E-state index in [0.717, 1.165) is 48.7 Å². The Morgan fingerprint density at radius 2 is 0.852 bits per heavy atom. The van der Waals surface area contributed by atoms with Crippen LogP contribution in [0.5, 0.6) is 11.5 Å². The van der Waals surface area contributed by atoms with Gasteiger partial charge in [0.15, 0.2) is 0 Å². The SMILES string of the molecule is Cl.Cl.NCc1ccc(OCCCCCCCOc2ccc(CN)cc2)cc1. The lowest BCUT2D eigenvalue weighted by Crippen LogP contribution is -2.00. The number of hydrogen-bond donors (Lipinski definition) is 2. The van der Waals surface area contributed by atoms with E-state index in [1.165, 1.54) is 19.3 Å². The zero-order valence-electron chi connectivity index (χ0n) is 15.8. The van der Waals surface area contributed by atoms with Gasteiger partial charge in [0.05, 0.1) is 13.2 Å². The van der Waals surface area contributed by atoms with Crippen LogP contribution >= 0.6 is 24.8 Å². The molecular formula is C21H32Cl2N2O2. The van der Waals surface area contributed by atoms with Crippen molar-refractivity contribution in [3.05, 3.63) is 59.7 Å². The maximum atomic E-state index is 5.74. The minimum absolute atomic E-state index is 0. The van der Waals surface area contributed by atoms with Gasteiger partial charge in [-0.3, -0.25) is 0 Å². The van der Waals surface area contributed by atoms with Gasteiger partial charge in [-0.15, -0.1) is 24.8 Å². The first-order valence-electron chi connectivity index (χ1n) is 9.15. The highest BCUT2D eigenvalue weighted by Gasteiger charge is 1.97. The molecule has 4 N–H and O–H groups in total. The molecule has 27 heavy (non-hydrogen) atoms. The number of unbranched alkanes of at least 4 members (excludes halogenated alkanes) is 4. The fourth-order valence-electron chi connectivity index (χ4n) is 2.56. The van der Waals surface area contributed by atoms with Crippen LogP contribution < -0.4 is 20.9 Å². The fourth-order valence-corrected chi connectivity index (χ4v) is 2.56. The summed E-state index contributed by atoms with van der Waals surface area (Å²) in [6.07, 6.45) is 5.75. The number of hydrogen-bond acceptors (Lipinski definition) is 4. The van der Waals surface area contributed by atoms with Crippen LogP contribution in [0, 0.1) is 0 Å². The van der Waals surface area contributed by atoms with Crippen LogP contribution in [0.15, 0.2) is 48.5 Å². The van der Waals surface area contributed by atoms with Gasteiger partial charge < -0.3 is 20.9 Å². The van der Waals surface area contributed by atoms with E-state index in [4.69, 9.17) is 20.9 Å². The molecule has 0 unspecified atom stereocenters. The molecule has 0 aliphatic rings. The zero-order valence-corrected chi connectivity index (χ0v) is 17.4. The Bertz CT molecular complexity index is 539. The largest absolute Gasteiger partial charge is 0.494 e. The van der Waals surface area contributed by atoms with Gasteiger partial charge in [0, 0.05) is 13.1 Å². The first kappa shape index (κ1) is 25.5. The van der Waals surface area contributed by atoms with Gasteiger partial charge in [0.2, 0.25) is 0 Å². The molecule has 0 aromatic heterocycles. The zero-order chi connectivity index (χ0) is 17.7. The van der Waals surface area contributed by atoms with E-state index in [2.05, 4.69) is 0 Å². The topological polar surface area (TPSA) is 70.5 Å². The summed E-state index contributed by atoms with van der Waals surface area (Å²) in [7, 11) is 0. The molecular weight excluding hydrogens is 383 g/mol. The average Bonchev–Trinajstić information content (AvgIpc) is 2.67. The second-order valence-electron chi connectivity index (χ2n) is 6.16. The molecule has 0 aliphatic carbocycles. The smallest absolute Gasteiger partial charge is 0.119 e. The summed E-state index contributed by atoms with van der Waals surface area (Å²) in [5.41, 5.74) is 13.4. The van der Waals surface area contributed by atoms with Crippen molar-refractivity contribution >= 4 is 24.8 Å². The number of rotatable bonds is 12. The van der Waals surface area contributed by atoms with Gasteiger partial charge in [-0.1, -0.05) is 43.5 Å². The van der Waals surface area contributed by atoms with Crippen molar-refractivity contribution in [1.82, 2.24) is 0 Å². The molecule has 4 nitrogen and oxygen atoms in total. The molecule has 6 heteroatoms. The van der Waals surface area contributed by atoms with Gasteiger partial charge in [-0.25, -0.2) is 0 Å². The first-order valence-corrected chi connectivity index (χ1v) is 9.15. The molecule has 0 fully saturated rings. The van der Waals surface area contributed by atoms with Crippen molar-refractivity contribution in [2.75, 3.05) is 13.2 Å². The summed E-state index contributed by atoms with van der Waals surface area (Å²) in [6.45, 7) is 2.68. The molecule has 0 amide bonds.